The molecule has 0 aliphatic carbocycles. The number of aryl methyl sites for hydroxylation is 1. The maximum atomic E-state index is 11.9. The van der Waals surface area contributed by atoms with Crippen molar-refractivity contribution < 1.29 is 13.2 Å². The standard InChI is InChI=1S/C18H28O3S/c1-4-16-9-11-17(12-10-16)14-18(19)8-6-5-7-13-22(20,21)15(2)3/h9-12,15H,4-8,13-14H2,1-3H3. The van der Waals surface area contributed by atoms with Gasteiger partial charge in [0.15, 0.2) is 9.84 Å². The Morgan fingerprint density at radius 1 is 1.00 bits per heavy atom. The lowest BCUT2D eigenvalue weighted by Crippen LogP contribution is -2.17. The van der Waals surface area contributed by atoms with Crippen LogP contribution in [0.15, 0.2) is 24.3 Å². The van der Waals surface area contributed by atoms with Crippen molar-refractivity contribution in [3.8, 4) is 0 Å². The molecule has 0 fully saturated rings. The van der Waals surface area contributed by atoms with E-state index in [0.717, 1.165) is 24.8 Å². The minimum Gasteiger partial charge on any atom is -0.299 e. The fraction of sp³-hybridized carbons (Fsp3) is 0.611. The predicted molar refractivity (Wildman–Crippen MR) is 91.9 cm³/mol. The first kappa shape index (κ1) is 18.9. The van der Waals surface area contributed by atoms with Crippen molar-refractivity contribution in [2.75, 3.05) is 5.75 Å². The first-order valence-electron chi connectivity index (χ1n) is 8.16. The lowest BCUT2D eigenvalue weighted by molar-refractivity contribution is -0.118. The summed E-state index contributed by atoms with van der Waals surface area (Å²) in [5, 5.41) is -0.305. The van der Waals surface area contributed by atoms with Gasteiger partial charge in [0.25, 0.3) is 0 Å². The van der Waals surface area contributed by atoms with Gasteiger partial charge in [-0.25, -0.2) is 8.42 Å². The number of hydrogen-bond acceptors (Lipinski definition) is 3. The third-order valence-corrected chi connectivity index (χ3v) is 6.23. The quantitative estimate of drug-likeness (QED) is 0.616. The van der Waals surface area contributed by atoms with E-state index in [9.17, 15) is 13.2 Å². The summed E-state index contributed by atoms with van der Waals surface area (Å²) < 4.78 is 23.3. The summed E-state index contributed by atoms with van der Waals surface area (Å²) in [6.45, 7) is 5.53. The normalized spacial score (nSPS) is 11.8. The smallest absolute Gasteiger partial charge is 0.152 e. The average molecular weight is 324 g/mol. The lowest BCUT2D eigenvalue weighted by atomic mass is 10.0. The van der Waals surface area contributed by atoms with Crippen LogP contribution in [0.1, 0.15) is 57.6 Å². The van der Waals surface area contributed by atoms with E-state index in [-0.39, 0.29) is 16.8 Å². The number of rotatable bonds is 10. The summed E-state index contributed by atoms with van der Waals surface area (Å²) in [5.41, 5.74) is 2.34. The first-order valence-corrected chi connectivity index (χ1v) is 9.87. The Morgan fingerprint density at radius 2 is 1.59 bits per heavy atom. The highest BCUT2D eigenvalue weighted by molar-refractivity contribution is 7.91. The van der Waals surface area contributed by atoms with Crippen LogP contribution in [0.3, 0.4) is 0 Å². The molecule has 0 heterocycles. The second kappa shape index (κ2) is 9.09. The van der Waals surface area contributed by atoms with Crippen molar-refractivity contribution in [2.24, 2.45) is 0 Å². The Kier molecular flexibility index (Phi) is 7.80. The molecule has 0 aliphatic heterocycles. The zero-order chi connectivity index (χ0) is 16.6. The lowest BCUT2D eigenvalue weighted by Gasteiger charge is -2.07. The highest BCUT2D eigenvalue weighted by atomic mass is 32.2. The van der Waals surface area contributed by atoms with Crippen molar-refractivity contribution in [3.63, 3.8) is 0 Å². The van der Waals surface area contributed by atoms with E-state index in [1.165, 1.54) is 5.56 Å². The summed E-state index contributed by atoms with van der Waals surface area (Å²) in [6.07, 6.45) is 4.25. The number of benzene rings is 1. The number of Topliss-reactive ketones (excluding diaryl/α,β-unsaturated/α-hetero) is 1. The van der Waals surface area contributed by atoms with Gasteiger partial charge >= 0.3 is 0 Å². The van der Waals surface area contributed by atoms with Crippen LogP contribution < -0.4 is 0 Å². The minimum absolute atomic E-state index is 0.232. The molecule has 0 saturated carbocycles. The number of unbranched alkanes of at least 4 members (excludes halogenated alkanes) is 2. The Morgan fingerprint density at radius 3 is 2.14 bits per heavy atom. The first-order chi connectivity index (χ1) is 10.3. The van der Waals surface area contributed by atoms with E-state index in [2.05, 4.69) is 19.1 Å². The SMILES string of the molecule is CCc1ccc(CC(=O)CCCCCS(=O)(=O)C(C)C)cc1. The van der Waals surface area contributed by atoms with Crippen molar-refractivity contribution in [1.29, 1.82) is 0 Å². The molecule has 22 heavy (non-hydrogen) atoms. The third kappa shape index (κ3) is 6.73. The molecule has 124 valence electrons. The zero-order valence-corrected chi connectivity index (χ0v) is 14.8. The van der Waals surface area contributed by atoms with Gasteiger partial charge in [0, 0.05) is 12.8 Å². The van der Waals surface area contributed by atoms with Crippen molar-refractivity contribution in [1.82, 2.24) is 0 Å². The van der Waals surface area contributed by atoms with Gasteiger partial charge in [0.05, 0.1) is 11.0 Å². The van der Waals surface area contributed by atoms with Gasteiger partial charge in [0.1, 0.15) is 5.78 Å². The number of sulfone groups is 1. The van der Waals surface area contributed by atoms with E-state index in [1.807, 2.05) is 12.1 Å². The Bertz CT molecular complexity index is 556. The summed E-state index contributed by atoms with van der Waals surface area (Å²) in [7, 11) is -2.94. The summed E-state index contributed by atoms with van der Waals surface area (Å²) in [5.74, 6) is 0.466. The van der Waals surface area contributed by atoms with E-state index >= 15 is 0 Å². The van der Waals surface area contributed by atoms with E-state index < -0.39 is 9.84 Å². The Balaban J connectivity index is 2.23. The van der Waals surface area contributed by atoms with Crippen LogP contribution in [0.4, 0.5) is 0 Å². The topological polar surface area (TPSA) is 51.2 Å². The van der Waals surface area contributed by atoms with Gasteiger partial charge in [-0.1, -0.05) is 37.6 Å². The highest BCUT2D eigenvalue weighted by Gasteiger charge is 2.15. The molecule has 3 nitrogen and oxygen atoms in total. The Hall–Kier alpha value is -1.16. The fourth-order valence-corrected chi connectivity index (χ4v) is 3.32. The molecular weight excluding hydrogens is 296 g/mol. The Labute approximate surface area is 135 Å². The third-order valence-electron chi connectivity index (χ3n) is 3.94. The number of ketones is 1. The maximum absolute atomic E-state index is 11.9. The molecule has 0 N–H and O–H groups in total. The van der Waals surface area contributed by atoms with E-state index in [0.29, 0.717) is 19.3 Å². The largest absolute Gasteiger partial charge is 0.299 e. The molecule has 1 aromatic carbocycles. The van der Waals surface area contributed by atoms with Crippen LogP contribution >= 0.6 is 0 Å². The molecule has 0 amide bonds. The van der Waals surface area contributed by atoms with Gasteiger partial charge in [-0.2, -0.15) is 0 Å². The van der Waals surface area contributed by atoms with Gasteiger partial charge in [0.2, 0.25) is 0 Å². The summed E-state index contributed by atoms with van der Waals surface area (Å²) >= 11 is 0. The van der Waals surface area contributed by atoms with Crippen LogP contribution in [-0.2, 0) is 27.5 Å². The molecule has 4 heteroatoms. The number of hydrogen-bond donors (Lipinski definition) is 0. The molecule has 1 rings (SSSR count). The molecule has 0 spiro atoms. The zero-order valence-electron chi connectivity index (χ0n) is 14.0. The fourth-order valence-electron chi connectivity index (χ4n) is 2.25. The molecular formula is C18H28O3S. The highest BCUT2D eigenvalue weighted by Crippen LogP contribution is 2.10. The molecule has 0 bridgehead atoms. The molecule has 0 aromatic heterocycles. The minimum atomic E-state index is -2.94. The van der Waals surface area contributed by atoms with E-state index in [4.69, 9.17) is 0 Å². The van der Waals surface area contributed by atoms with Crippen LogP contribution in [-0.4, -0.2) is 25.2 Å². The van der Waals surface area contributed by atoms with Crippen molar-refractivity contribution in [2.45, 2.75) is 64.5 Å². The molecule has 0 aliphatic rings. The molecule has 0 unspecified atom stereocenters. The van der Waals surface area contributed by atoms with Crippen LogP contribution in [0.2, 0.25) is 0 Å². The van der Waals surface area contributed by atoms with Crippen molar-refractivity contribution >= 4 is 15.6 Å². The van der Waals surface area contributed by atoms with Gasteiger partial charge < -0.3 is 0 Å². The summed E-state index contributed by atoms with van der Waals surface area (Å²) in [4.78, 5) is 11.9. The second-order valence-corrected chi connectivity index (χ2v) is 8.79. The van der Waals surface area contributed by atoms with Crippen LogP contribution in [0.25, 0.3) is 0 Å². The molecule has 1 aromatic rings. The van der Waals surface area contributed by atoms with Crippen LogP contribution in [0, 0.1) is 0 Å². The summed E-state index contributed by atoms with van der Waals surface area (Å²) in [6, 6.07) is 8.18. The average Bonchev–Trinajstić information content (AvgIpc) is 2.47. The van der Waals surface area contributed by atoms with Crippen LogP contribution in [0.5, 0.6) is 0 Å². The number of carbonyl (C=O) groups is 1. The van der Waals surface area contributed by atoms with Crippen molar-refractivity contribution in [3.05, 3.63) is 35.4 Å². The predicted octanol–water partition coefficient (Wildman–Crippen LogP) is 3.74. The molecule has 0 atom stereocenters. The van der Waals surface area contributed by atoms with Gasteiger partial charge in [-0.05, 0) is 44.2 Å². The molecule has 0 radical (unpaired) electrons. The maximum Gasteiger partial charge on any atom is 0.152 e. The second-order valence-electron chi connectivity index (χ2n) is 6.11. The van der Waals surface area contributed by atoms with E-state index in [1.54, 1.807) is 13.8 Å². The molecule has 0 saturated heterocycles. The van der Waals surface area contributed by atoms with Gasteiger partial charge in [-0.3, -0.25) is 4.79 Å². The number of carbonyl (C=O) groups excluding carboxylic acids is 1. The monoisotopic (exact) mass is 324 g/mol. The van der Waals surface area contributed by atoms with Gasteiger partial charge in [-0.15, -0.1) is 0 Å².